The number of rotatable bonds is 49. The van der Waals surface area contributed by atoms with Gasteiger partial charge in [-0.3, -0.25) is 9.59 Å². The van der Waals surface area contributed by atoms with Crippen molar-refractivity contribution in [3.63, 3.8) is 0 Å². The third kappa shape index (κ3) is 47.4. The van der Waals surface area contributed by atoms with Gasteiger partial charge in [-0.25, -0.2) is 0 Å². The molecule has 0 fully saturated rings. The van der Waals surface area contributed by atoms with E-state index in [1.807, 2.05) is 6.08 Å². The number of esters is 1. The lowest BCUT2D eigenvalue weighted by Crippen LogP contribution is -2.45. The number of unbranched alkanes of at least 4 members (excludes halogenated alkanes) is 34. The first kappa shape index (κ1) is 59.1. The molecule has 0 aliphatic rings. The molecule has 6 heteroatoms. The number of allylic oxidation sites excluding steroid dienone is 5. The predicted octanol–water partition coefficient (Wildman–Crippen LogP) is 16.1. The quantitative estimate of drug-likeness (QED) is 0.0322. The molecule has 0 saturated carbocycles. The van der Waals surface area contributed by atoms with Crippen LogP contribution in [-0.2, 0) is 14.3 Å². The van der Waals surface area contributed by atoms with Crippen molar-refractivity contribution in [3.05, 3.63) is 36.5 Å². The lowest BCUT2D eigenvalue weighted by molar-refractivity contribution is -0.143. The second-order valence-corrected chi connectivity index (χ2v) is 18.2. The van der Waals surface area contributed by atoms with Gasteiger partial charge in [0.15, 0.2) is 0 Å². The van der Waals surface area contributed by atoms with Crippen LogP contribution in [0, 0.1) is 0 Å². The number of hydrogen-bond donors (Lipinski definition) is 3. The number of amides is 1. The van der Waals surface area contributed by atoms with E-state index in [1.54, 1.807) is 6.08 Å². The van der Waals surface area contributed by atoms with E-state index in [0.717, 1.165) is 57.8 Å². The molecule has 2 atom stereocenters. The zero-order valence-corrected chi connectivity index (χ0v) is 40.6. The van der Waals surface area contributed by atoms with Gasteiger partial charge in [-0.05, 0) is 83.5 Å². The van der Waals surface area contributed by atoms with Gasteiger partial charge < -0.3 is 20.3 Å². The van der Waals surface area contributed by atoms with Crippen LogP contribution in [-0.4, -0.2) is 47.4 Å². The number of hydrogen-bond acceptors (Lipinski definition) is 5. The van der Waals surface area contributed by atoms with E-state index < -0.39 is 12.1 Å². The van der Waals surface area contributed by atoms with Crippen LogP contribution in [0.1, 0.15) is 277 Å². The number of carbonyl (C=O) groups excluding carboxylic acids is 2. The summed E-state index contributed by atoms with van der Waals surface area (Å²) in [6, 6.07) is -0.637. The summed E-state index contributed by atoms with van der Waals surface area (Å²) in [5.74, 6) is -0.0938. The summed E-state index contributed by atoms with van der Waals surface area (Å²) in [5.41, 5.74) is 0. The highest BCUT2D eigenvalue weighted by Crippen LogP contribution is 2.15. The van der Waals surface area contributed by atoms with Gasteiger partial charge in [0.1, 0.15) is 0 Å². The second kappa shape index (κ2) is 50.7. The van der Waals surface area contributed by atoms with Gasteiger partial charge in [0.2, 0.25) is 5.91 Å². The smallest absolute Gasteiger partial charge is 0.305 e. The Morgan fingerprint density at radius 1 is 0.443 bits per heavy atom. The molecule has 1 amide bonds. The molecule has 0 heterocycles. The average molecular weight is 858 g/mol. The Hall–Kier alpha value is -1.92. The Morgan fingerprint density at radius 3 is 1.20 bits per heavy atom. The van der Waals surface area contributed by atoms with Crippen LogP contribution in [0.3, 0.4) is 0 Å². The highest BCUT2D eigenvalue weighted by atomic mass is 16.5. The van der Waals surface area contributed by atoms with Crippen molar-refractivity contribution in [2.45, 2.75) is 289 Å². The normalized spacial score (nSPS) is 12.9. The third-order valence-electron chi connectivity index (χ3n) is 12.1. The molecule has 0 aromatic carbocycles. The largest absolute Gasteiger partial charge is 0.466 e. The molecule has 0 rings (SSSR count). The first-order valence-corrected chi connectivity index (χ1v) is 26.8. The molecule has 2 unspecified atom stereocenters. The maximum absolute atomic E-state index is 12.4. The molecule has 0 bridgehead atoms. The van der Waals surface area contributed by atoms with Gasteiger partial charge in [0.05, 0.1) is 25.4 Å². The predicted molar refractivity (Wildman–Crippen MR) is 264 cm³/mol. The molecular formula is C55H103NO5. The minimum atomic E-state index is -0.852. The van der Waals surface area contributed by atoms with Crippen LogP contribution < -0.4 is 5.32 Å². The highest BCUT2D eigenvalue weighted by molar-refractivity contribution is 5.76. The summed E-state index contributed by atoms with van der Waals surface area (Å²) in [5, 5.41) is 23.1. The maximum atomic E-state index is 12.4. The molecular weight excluding hydrogens is 755 g/mol. The number of aliphatic hydroxyl groups excluding tert-OH is 2. The molecule has 0 aromatic rings. The monoisotopic (exact) mass is 858 g/mol. The molecule has 0 saturated heterocycles. The topological polar surface area (TPSA) is 95.9 Å². The molecule has 3 N–H and O–H groups in total. The van der Waals surface area contributed by atoms with Gasteiger partial charge in [0, 0.05) is 12.8 Å². The van der Waals surface area contributed by atoms with Crippen molar-refractivity contribution in [2.24, 2.45) is 0 Å². The van der Waals surface area contributed by atoms with Crippen molar-refractivity contribution in [1.82, 2.24) is 5.32 Å². The van der Waals surface area contributed by atoms with Gasteiger partial charge in [0.25, 0.3) is 0 Å². The molecule has 0 aromatic heterocycles. The Kier molecular flexibility index (Phi) is 49.1. The number of nitrogens with one attached hydrogen (secondary N) is 1. The van der Waals surface area contributed by atoms with Crippen LogP contribution in [0.25, 0.3) is 0 Å². The van der Waals surface area contributed by atoms with Crippen LogP contribution in [0.2, 0.25) is 0 Å². The summed E-state index contributed by atoms with van der Waals surface area (Å²) >= 11 is 0. The minimum absolute atomic E-state index is 0.0134. The van der Waals surface area contributed by atoms with E-state index >= 15 is 0 Å². The van der Waals surface area contributed by atoms with Crippen LogP contribution in [0.4, 0.5) is 0 Å². The molecule has 358 valence electrons. The standard InChI is InChI=1S/C55H103NO5/c1-3-5-7-9-11-13-15-17-21-24-27-31-35-39-43-47-53(58)52(51-57)56-54(59)48-44-40-36-32-28-25-22-19-18-20-23-26-30-34-38-42-46-50-61-55(60)49-45-41-37-33-29-16-14-12-10-8-6-4-2/h12,14,18,20,43,47,52-53,57-58H,3-11,13,15-17,19,21-42,44-46,48-51H2,1-2H3,(H,56,59)/b14-12-,20-18-,47-43+. The first-order chi connectivity index (χ1) is 30.0. The maximum Gasteiger partial charge on any atom is 0.305 e. The van der Waals surface area contributed by atoms with Gasteiger partial charge in [-0.15, -0.1) is 0 Å². The SMILES string of the molecule is CCCCC/C=C\CCCCCCCC(=O)OCCCCCCCC/C=C\CCCCCCCCCC(=O)NC(CO)C(O)/C=C/CCCCCCCCCCCCCCC. The van der Waals surface area contributed by atoms with Crippen LogP contribution in [0.15, 0.2) is 36.5 Å². The fourth-order valence-electron chi connectivity index (χ4n) is 7.97. The van der Waals surface area contributed by atoms with E-state index in [2.05, 4.69) is 43.5 Å². The average Bonchev–Trinajstić information content (AvgIpc) is 3.26. The number of carbonyl (C=O) groups is 2. The van der Waals surface area contributed by atoms with E-state index in [-0.39, 0.29) is 18.5 Å². The van der Waals surface area contributed by atoms with Crippen LogP contribution >= 0.6 is 0 Å². The van der Waals surface area contributed by atoms with Crippen molar-refractivity contribution >= 4 is 11.9 Å². The second-order valence-electron chi connectivity index (χ2n) is 18.2. The van der Waals surface area contributed by atoms with Crippen molar-refractivity contribution < 1.29 is 24.5 Å². The highest BCUT2D eigenvalue weighted by Gasteiger charge is 2.18. The molecule has 6 nitrogen and oxygen atoms in total. The lowest BCUT2D eigenvalue weighted by Gasteiger charge is -2.20. The molecule has 0 aliphatic heterocycles. The Bertz CT molecular complexity index is 993. The zero-order chi connectivity index (χ0) is 44.4. The van der Waals surface area contributed by atoms with E-state index in [1.165, 1.54) is 193 Å². The zero-order valence-electron chi connectivity index (χ0n) is 40.6. The van der Waals surface area contributed by atoms with Crippen LogP contribution in [0.5, 0.6) is 0 Å². The molecule has 0 aliphatic carbocycles. The lowest BCUT2D eigenvalue weighted by atomic mass is 10.0. The molecule has 0 spiro atoms. The number of ether oxygens (including phenoxy) is 1. The molecule has 61 heavy (non-hydrogen) atoms. The third-order valence-corrected chi connectivity index (χ3v) is 12.1. The fourth-order valence-corrected chi connectivity index (χ4v) is 7.97. The van der Waals surface area contributed by atoms with Crippen molar-refractivity contribution in [1.29, 1.82) is 0 Å². The minimum Gasteiger partial charge on any atom is -0.466 e. The Balaban J connectivity index is 3.50. The summed E-state index contributed by atoms with van der Waals surface area (Å²) in [7, 11) is 0. The van der Waals surface area contributed by atoms with Gasteiger partial charge in [-0.2, -0.15) is 0 Å². The summed E-state index contributed by atoms with van der Waals surface area (Å²) in [6.07, 6.45) is 61.5. The Morgan fingerprint density at radius 2 is 0.770 bits per heavy atom. The first-order valence-electron chi connectivity index (χ1n) is 26.8. The van der Waals surface area contributed by atoms with Crippen molar-refractivity contribution in [3.8, 4) is 0 Å². The Labute approximate surface area is 379 Å². The molecule has 0 radical (unpaired) electrons. The van der Waals surface area contributed by atoms with Crippen molar-refractivity contribution in [2.75, 3.05) is 13.2 Å². The number of aliphatic hydroxyl groups is 2. The summed E-state index contributed by atoms with van der Waals surface area (Å²) in [4.78, 5) is 24.4. The van der Waals surface area contributed by atoms with E-state index in [9.17, 15) is 19.8 Å². The van der Waals surface area contributed by atoms with Gasteiger partial charge in [-0.1, -0.05) is 217 Å². The summed E-state index contributed by atoms with van der Waals surface area (Å²) in [6.45, 7) is 4.85. The van der Waals surface area contributed by atoms with E-state index in [4.69, 9.17) is 4.74 Å². The van der Waals surface area contributed by atoms with Gasteiger partial charge >= 0.3 is 5.97 Å². The summed E-state index contributed by atoms with van der Waals surface area (Å²) < 4.78 is 5.44. The van der Waals surface area contributed by atoms with E-state index in [0.29, 0.717) is 19.4 Å². The fraction of sp³-hybridized carbons (Fsp3) is 0.855.